The Morgan fingerprint density at radius 3 is 2.42 bits per heavy atom. The van der Waals surface area contributed by atoms with Gasteiger partial charge in [0.2, 0.25) is 5.88 Å². The molecule has 0 saturated carbocycles. The van der Waals surface area contributed by atoms with Crippen LogP contribution in [0.25, 0.3) is 5.69 Å². The largest absolute Gasteiger partial charge is 0.466 e. The molecule has 2 heterocycles. The highest BCUT2D eigenvalue weighted by Crippen LogP contribution is 2.39. The predicted molar refractivity (Wildman–Crippen MR) is 129 cm³/mol. The van der Waals surface area contributed by atoms with E-state index in [-0.39, 0.29) is 10.6 Å². The Kier molecular flexibility index (Phi) is 7.54. The minimum absolute atomic E-state index is 0.272. The second-order valence-electron chi connectivity index (χ2n) is 8.61. The standard InChI is InChI=1S/C25H25F4N3O3S/c1-7-15-11-16(26)17(32-21(33)13-20(25(27,28)29)31(6)23(32)34)12-19(15)36-18-9-8-10-30-22(18)35-24(4,5)14(2)3/h8-13H,2,7H2,1,3-6H3. The molecule has 6 nitrogen and oxygen atoms in total. The van der Waals surface area contributed by atoms with Gasteiger partial charge in [0.05, 0.1) is 10.6 Å². The van der Waals surface area contributed by atoms with Gasteiger partial charge in [-0.3, -0.25) is 9.36 Å². The lowest BCUT2D eigenvalue weighted by Gasteiger charge is -2.27. The number of aryl methyl sites for hydroxylation is 1. The van der Waals surface area contributed by atoms with Crippen molar-refractivity contribution < 1.29 is 22.3 Å². The van der Waals surface area contributed by atoms with Gasteiger partial charge in [0, 0.05) is 24.2 Å². The fraction of sp³-hybridized carbons (Fsp3) is 0.320. The summed E-state index contributed by atoms with van der Waals surface area (Å²) in [4.78, 5) is 30.6. The number of nitrogens with zero attached hydrogens (tertiary/aromatic N) is 3. The molecule has 11 heteroatoms. The fourth-order valence-electron chi connectivity index (χ4n) is 3.22. The number of hydrogen-bond donors (Lipinski definition) is 0. The van der Waals surface area contributed by atoms with Crippen LogP contribution >= 0.6 is 11.8 Å². The van der Waals surface area contributed by atoms with E-state index >= 15 is 4.39 Å². The van der Waals surface area contributed by atoms with Gasteiger partial charge in [-0.25, -0.2) is 18.7 Å². The van der Waals surface area contributed by atoms with E-state index in [4.69, 9.17) is 4.74 Å². The van der Waals surface area contributed by atoms with E-state index in [0.29, 0.717) is 32.2 Å². The van der Waals surface area contributed by atoms with Gasteiger partial charge in [-0.2, -0.15) is 13.2 Å². The Bertz CT molecular complexity index is 1440. The van der Waals surface area contributed by atoms with Crippen LogP contribution in [0.1, 0.15) is 39.0 Å². The smallest absolute Gasteiger partial charge is 0.431 e. The van der Waals surface area contributed by atoms with Crippen LogP contribution < -0.4 is 16.0 Å². The lowest BCUT2D eigenvalue weighted by Crippen LogP contribution is -2.41. The normalized spacial score (nSPS) is 12.0. The zero-order valence-corrected chi connectivity index (χ0v) is 21.2. The first-order valence-corrected chi connectivity index (χ1v) is 11.7. The molecule has 0 fully saturated rings. The van der Waals surface area contributed by atoms with Gasteiger partial charge in [0.1, 0.15) is 17.1 Å². The molecular weight excluding hydrogens is 498 g/mol. The van der Waals surface area contributed by atoms with E-state index < -0.39 is 40.2 Å². The summed E-state index contributed by atoms with van der Waals surface area (Å²) in [6.45, 7) is 11.2. The topological polar surface area (TPSA) is 66.1 Å². The monoisotopic (exact) mass is 523 g/mol. The highest BCUT2D eigenvalue weighted by molar-refractivity contribution is 7.99. The summed E-state index contributed by atoms with van der Waals surface area (Å²) in [6, 6.07) is 6.14. The van der Waals surface area contributed by atoms with Gasteiger partial charge < -0.3 is 4.74 Å². The lowest BCUT2D eigenvalue weighted by atomic mass is 10.0. The first-order valence-electron chi connectivity index (χ1n) is 10.9. The minimum atomic E-state index is -4.92. The van der Waals surface area contributed by atoms with E-state index in [2.05, 4.69) is 11.6 Å². The van der Waals surface area contributed by atoms with Crippen LogP contribution in [0.15, 0.2) is 68.1 Å². The number of halogens is 4. The molecule has 1 aromatic carbocycles. The Morgan fingerprint density at radius 2 is 1.83 bits per heavy atom. The number of rotatable bonds is 7. The van der Waals surface area contributed by atoms with Crippen LogP contribution in [-0.4, -0.2) is 19.7 Å². The van der Waals surface area contributed by atoms with Gasteiger partial charge >= 0.3 is 11.9 Å². The van der Waals surface area contributed by atoms with Gasteiger partial charge in [0.15, 0.2) is 0 Å². The molecule has 0 radical (unpaired) electrons. The number of ether oxygens (including phenoxy) is 1. The summed E-state index contributed by atoms with van der Waals surface area (Å²) >= 11 is 1.17. The molecule has 0 aliphatic carbocycles. The SMILES string of the molecule is C=C(C)C(C)(C)Oc1ncccc1Sc1cc(-n2c(=O)cc(C(F)(F)F)n(C)c2=O)c(F)cc1CC. The third kappa shape index (κ3) is 5.40. The maximum atomic E-state index is 15.1. The molecule has 0 aliphatic heterocycles. The molecule has 2 aromatic heterocycles. The molecule has 0 aliphatic rings. The average Bonchev–Trinajstić information content (AvgIpc) is 2.78. The molecule has 3 aromatic rings. The van der Waals surface area contributed by atoms with Crippen LogP contribution in [0, 0.1) is 5.82 Å². The Labute approximate surface area is 209 Å². The van der Waals surface area contributed by atoms with E-state index in [1.807, 2.05) is 20.8 Å². The maximum absolute atomic E-state index is 15.1. The number of benzene rings is 1. The molecule has 0 N–H and O–H groups in total. The van der Waals surface area contributed by atoms with Crippen molar-refractivity contribution in [2.45, 2.75) is 55.7 Å². The highest BCUT2D eigenvalue weighted by Gasteiger charge is 2.35. The summed E-state index contributed by atoms with van der Waals surface area (Å²) in [5.41, 5.74) is -3.90. The molecule has 0 saturated heterocycles. The minimum Gasteiger partial charge on any atom is -0.466 e. The quantitative estimate of drug-likeness (QED) is 0.301. The second-order valence-corrected chi connectivity index (χ2v) is 9.69. The Hall–Kier alpha value is -3.34. The lowest BCUT2D eigenvalue weighted by molar-refractivity contribution is -0.144. The summed E-state index contributed by atoms with van der Waals surface area (Å²) in [6.07, 6.45) is -2.96. The number of pyridine rings is 1. The van der Waals surface area contributed by atoms with Crippen molar-refractivity contribution in [3.05, 3.63) is 86.6 Å². The number of aromatic nitrogens is 3. The number of hydrogen-bond acceptors (Lipinski definition) is 5. The summed E-state index contributed by atoms with van der Waals surface area (Å²) in [7, 11) is 0.873. The molecule has 36 heavy (non-hydrogen) atoms. The molecule has 0 spiro atoms. The van der Waals surface area contributed by atoms with Crippen LogP contribution in [0.5, 0.6) is 5.88 Å². The van der Waals surface area contributed by atoms with Crippen molar-refractivity contribution in [2.75, 3.05) is 0 Å². The summed E-state index contributed by atoms with van der Waals surface area (Å²) in [5.74, 6) is -0.618. The summed E-state index contributed by atoms with van der Waals surface area (Å²) < 4.78 is 61.5. The molecular formula is C25H25F4N3O3S. The Morgan fingerprint density at radius 1 is 1.17 bits per heavy atom. The van der Waals surface area contributed by atoms with Gasteiger partial charge in [-0.1, -0.05) is 25.3 Å². The fourth-order valence-corrected chi connectivity index (χ4v) is 4.29. The van der Waals surface area contributed by atoms with Crippen molar-refractivity contribution in [2.24, 2.45) is 7.05 Å². The molecule has 192 valence electrons. The van der Waals surface area contributed by atoms with Crippen LogP contribution in [0.4, 0.5) is 17.6 Å². The first-order chi connectivity index (χ1) is 16.7. The van der Waals surface area contributed by atoms with Crippen LogP contribution in [0.3, 0.4) is 0 Å². The van der Waals surface area contributed by atoms with Crippen LogP contribution in [-0.2, 0) is 19.6 Å². The predicted octanol–water partition coefficient (Wildman–Crippen LogP) is 5.54. The molecule has 0 bridgehead atoms. The van der Waals surface area contributed by atoms with Crippen molar-refractivity contribution in [1.82, 2.24) is 14.1 Å². The molecule has 0 unspecified atom stereocenters. The molecule has 3 rings (SSSR count). The zero-order chi connectivity index (χ0) is 27.0. The third-order valence-electron chi connectivity index (χ3n) is 5.70. The van der Waals surface area contributed by atoms with Crippen molar-refractivity contribution in [3.8, 4) is 11.6 Å². The van der Waals surface area contributed by atoms with Gasteiger partial charge in [-0.15, -0.1) is 0 Å². The second kappa shape index (κ2) is 9.96. The van der Waals surface area contributed by atoms with Crippen molar-refractivity contribution in [3.63, 3.8) is 0 Å². The molecule has 0 atom stereocenters. The van der Waals surface area contributed by atoms with E-state index in [1.54, 1.807) is 25.3 Å². The zero-order valence-electron chi connectivity index (χ0n) is 20.4. The van der Waals surface area contributed by atoms with E-state index in [1.165, 1.54) is 17.8 Å². The van der Waals surface area contributed by atoms with E-state index in [0.717, 1.165) is 18.7 Å². The van der Waals surface area contributed by atoms with Crippen molar-refractivity contribution in [1.29, 1.82) is 0 Å². The maximum Gasteiger partial charge on any atom is 0.431 e. The highest BCUT2D eigenvalue weighted by atomic mass is 32.2. The molecule has 0 amide bonds. The first kappa shape index (κ1) is 27.3. The van der Waals surface area contributed by atoms with Crippen LogP contribution in [0.2, 0.25) is 0 Å². The van der Waals surface area contributed by atoms with Gasteiger partial charge in [0.25, 0.3) is 5.56 Å². The summed E-state index contributed by atoms with van der Waals surface area (Å²) in [5, 5.41) is 0. The number of alkyl halides is 3. The van der Waals surface area contributed by atoms with Crippen molar-refractivity contribution >= 4 is 11.8 Å². The third-order valence-corrected chi connectivity index (χ3v) is 6.83. The average molecular weight is 524 g/mol. The van der Waals surface area contributed by atoms with E-state index in [9.17, 15) is 22.8 Å². The Balaban J connectivity index is 2.17. The van der Waals surface area contributed by atoms with Gasteiger partial charge in [-0.05, 0) is 62.6 Å².